The molecule has 5 nitrogen and oxygen atoms in total. The molecule has 0 saturated heterocycles. The van der Waals surface area contributed by atoms with Crippen molar-refractivity contribution in [2.75, 3.05) is 39.4 Å². The molecule has 1 saturated carbocycles. The first-order valence-electron chi connectivity index (χ1n) is 9.76. The second kappa shape index (κ2) is 10.9. The van der Waals surface area contributed by atoms with E-state index < -0.39 is 0 Å². The van der Waals surface area contributed by atoms with Crippen molar-refractivity contribution in [2.24, 2.45) is 10.4 Å². The summed E-state index contributed by atoms with van der Waals surface area (Å²) >= 11 is 0. The normalized spacial score (nSPS) is 18.0. The van der Waals surface area contributed by atoms with Gasteiger partial charge in [-0.15, -0.1) is 0 Å². The van der Waals surface area contributed by atoms with Crippen molar-refractivity contribution >= 4 is 5.96 Å². The molecule has 0 aliphatic heterocycles. The maximum Gasteiger partial charge on any atom is 0.191 e. The maximum absolute atomic E-state index is 5.60. The third-order valence-corrected chi connectivity index (χ3v) is 4.63. The zero-order valence-electron chi connectivity index (χ0n) is 16.6. The SMILES string of the molecule is CCNC(=NCC1(CCOCC)CCCC1)NCCNC(C)(C)C. The number of nitrogens with one attached hydrogen (secondary N) is 3. The van der Waals surface area contributed by atoms with Crippen molar-refractivity contribution in [1.29, 1.82) is 0 Å². The highest BCUT2D eigenvalue weighted by Crippen LogP contribution is 2.41. The average Bonchev–Trinajstić information content (AvgIpc) is 2.97. The van der Waals surface area contributed by atoms with Gasteiger partial charge in [0.05, 0.1) is 0 Å². The Balaban J connectivity index is 2.49. The first kappa shape index (κ1) is 21.2. The van der Waals surface area contributed by atoms with Crippen LogP contribution in [-0.2, 0) is 4.74 Å². The monoisotopic (exact) mass is 340 g/mol. The standard InChI is InChI=1S/C19H40N4O/c1-6-20-17(21-13-14-23-18(3,4)5)22-16-19(10-8-9-11-19)12-15-24-7-2/h23H,6-16H2,1-5H3,(H2,20,21,22). The van der Waals surface area contributed by atoms with Gasteiger partial charge in [0, 0.05) is 44.9 Å². The number of rotatable bonds is 10. The van der Waals surface area contributed by atoms with E-state index in [1.165, 1.54) is 25.7 Å². The molecule has 0 heterocycles. The largest absolute Gasteiger partial charge is 0.382 e. The van der Waals surface area contributed by atoms with Crippen LogP contribution in [-0.4, -0.2) is 50.9 Å². The van der Waals surface area contributed by atoms with E-state index >= 15 is 0 Å². The highest BCUT2D eigenvalue weighted by atomic mass is 16.5. The van der Waals surface area contributed by atoms with Gasteiger partial charge in [0.1, 0.15) is 0 Å². The summed E-state index contributed by atoms with van der Waals surface area (Å²) in [5.74, 6) is 0.941. The van der Waals surface area contributed by atoms with E-state index in [9.17, 15) is 0 Å². The Hall–Kier alpha value is -0.810. The van der Waals surface area contributed by atoms with Crippen LogP contribution in [0.1, 0.15) is 66.7 Å². The van der Waals surface area contributed by atoms with Crippen LogP contribution in [0.3, 0.4) is 0 Å². The fraction of sp³-hybridized carbons (Fsp3) is 0.947. The second-order valence-electron chi connectivity index (χ2n) is 7.95. The zero-order valence-corrected chi connectivity index (χ0v) is 16.6. The summed E-state index contributed by atoms with van der Waals surface area (Å²) in [6, 6.07) is 0. The van der Waals surface area contributed by atoms with Gasteiger partial charge in [-0.2, -0.15) is 0 Å². The number of guanidine groups is 1. The molecule has 1 rings (SSSR count). The van der Waals surface area contributed by atoms with Crippen molar-refractivity contribution in [3.63, 3.8) is 0 Å². The number of hydrogen-bond donors (Lipinski definition) is 3. The Morgan fingerprint density at radius 1 is 1.08 bits per heavy atom. The van der Waals surface area contributed by atoms with E-state index in [1.54, 1.807) is 0 Å². The maximum atomic E-state index is 5.60. The van der Waals surface area contributed by atoms with Crippen LogP contribution in [0.5, 0.6) is 0 Å². The molecule has 0 radical (unpaired) electrons. The van der Waals surface area contributed by atoms with Gasteiger partial charge < -0.3 is 20.7 Å². The summed E-state index contributed by atoms with van der Waals surface area (Å²) in [5, 5.41) is 10.3. The predicted molar refractivity (Wildman–Crippen MR) is 104 cm³/mol. The predicted octanol–water partition coefficient (Wildman–Crippen LogP) is 2.92. The molecule has 0 aromatic heterocycles. The van der Waals surface area contributed by atoms with Crippen molar-refractivity contribution in [2.45, 2.75) is 72.3 Å². The van der Waals surface area contributed by atoms with Gasteiger partial charge >= 0.3 is 0 Å². The Bertz CT molecular complexity index is 357. The lowest BCUT2D eigenvalue weighted by molar-refractivity contribution is 0.107. The molecule has 142 valence electrons. The van der Waals surface area contributed by atoms with Crippen LogP contribution in [0.15, 0.2) is 4.99 Å². The number of nitrogens with zero attached hydrogens (tertiary/aromatic N) is 1. The molecule has 3 N–H and O–H groups in total. The van der Waals surface area contributed by atoms with Crippen LogP contribution < -0.4 is 16.0 Å². The van der Waals surface area contributed by atoms with Gasteiger partial charge in [0.25, 0.3) is 0 Å². The van der Waals surface area contributed by atoms with Crippen LogP contribution in [0.2, 0.25) is 0 Å². The molecule has 0 unspecified atom stereocenters. The van der Waals surface area contributed by atoms with Crippen LogP contribution >= 0.6 is 0 Å². The van der Waals surface area contributed by atoms with Crippen molar-refractivity contribution in [3.05, 3.63) is 0 Å². The lowest BCUT2D eigenvalue weighted by Crippen LogP contribution is -2.44. The lowest BCUT2D eigenvalue weighted by Gasteiger charge is -2.27. The molecule has 1 aliphatic carbocycles. The molecule has 0 spiro atoms. The summed E-state index contributed by atoms with van der Waals surface area (Å²) in [7, 11) is 0. The summed E-state index contributed by atoms with van der Waals surface area (Å²) in [6.45, 7) is 16.0. The van der Waals surface area contributed by atoms with E-state index in [1.807, 2.05) is 0 Å². The number of ether oxygens (including phenoxy) is 1. The molecule has 1 aliphatic rings. The second-order valence-corrected chi connectivity index (χ2v) is 7.95. The first-order chi connectivity index (χ1) is 11.4. The fourth-order valence-corrected chi connectivity index (χ4v) is 3.25. The summed E-state index contributed by atoms with van der Waals surface area (Å²) in [6.07, 6.45) is 6.38. The topological polar surface area (TPSA) is 57.7 Å². The quantitative estimate of drug-likeness (QED) is 0.325. The molecule has 0 aromatic rings. The molecule has 0 bridgehead atoms. The number of aliphatic imine (C=N–C) groups is 1. The average molecular weight is 341 g/mol. The molecular formula is C19H40N4O. The van der Waals surface area contributed by atoms with Gasteiger partial charge in [0.15, 0.2) is 5.96 Å². The molecular weight excluding hydrogens is 300 g/mol. The van der Waals surface area contributed by atoms with Crippen molar-refractivity contribution in [3.8, 4) is 0 Å². The molecule has 0 aromatic carbocycles. The van der Waals surface area contributed by atoms with E-state index in [0.29, 0.717) is 5.41 Å². The zero-order chi connectivity index (χ0) is 17.9. The minimum atomic E-state index is 0.157. The van der Waals surface area contributed by atoms with Gasteiger partial charge in [0.2, 0.25) is 0 Å². The Morgan fingerprint density at radius 3 is 2.38 bits per heavy atom. The van der Waals surface area contributed by atoms with Crippen LogP contribution in [0.4, 0.5) is 0 Å². The highest BCUT2D eigenvalue weighted by Gasteiger charge is 2.33. The van der Waals surface area contributed by atoms with Gasteiger partial charge in [-0.25, -0.2) is 0 Å². The first-order valence-corrected chi connectivity index (χ1v) is 9.76. The molecule has 5 heteroatoms. The molecule has 1 fully saturated rings. The smallest absolute Gasteiger partial charge is 0.191 e. The lowest BCUT2D eigenvalue weighted by atomic mass is 9.83. The Kier molecular flexibility index (Phi) is 9.67. The van der Waals surface area contributed by atoms with E-state index in [0.717, 1.165) is 51.8 Å². The Labute approximate surface area is 149 Å². The summed E-state index contributed by atoms with van der Waals surface area (Å²) in [4.78, 5) is 4.89. The number of hydrogen-bond acceptors (Lipinski definition) is 3. The minimum Gasteiger partial charge on any atom is -0.382 e. The minimum absolute atomic E-state index is 0.157. The third-order valence-electron chi connectivity index (χ3n) is 4.63. The fourth-order valence-electron chi connectivity index (χ4n) is 3.25. The van der Waals surface area contributed by atoms with E-state index in [2.05, 4.69) is 50.6 Å². The van der Waals surface area contributed by atoms with Gasteiger partial charge in [-0.3, -0.25) is 4.99 Å². The highest BCUT2D eigenvalue weighted by molar-refractivity contribution is 5.79. The third kappa shape index (κ3) is 8.88. The Morgan fingerprint density at radius 2 is 1.79 bits per heavy atom. The van der Waals surface area contributed by atoms with Gasteiger partial charge in [-0.05, 0) is 59.3 Å². The van der Waals surface area contributed by atoms with E-state index in [4.69, 9.17) is 9.73 Å². The summed E-state index contributed by atoms with van der Waals surface area (Å²) < 4.78 is 5.60. The van der Waals surface area contributed by atoms with Crippen LogP contribution in [0, 0.1) is 5.41 Å². The molecule has 24 heavy (non-hydrogen) atoms. The van der Waals surface area contributed by atoms with Crippen molar-refractivity contribution < 1.29 is 4.74 Å². The van der Waals surface area contributed by atoms with Crippen molar-refractivity contribution in [1.82, 2.24) is 16.0 Å². The summed E-state index contributed by atoms with van der Waals surface area (Å²) in [5.41, 5.74) is 0.505. The van der Waals surface area contributed by atoms with Gasteiger partial charge in [-0.1, -0.05) is 12.8 Å². The van der Waals surface area contributed by atoms with Crippen LogP contribution in [0.25, 0.3) is 0 Å². The molecule has 0 amide bonds. The molecule has 0 atom stereocenters. The van der Waals surface area contributed by atoms with E-state index in [-0.39, 0.29) is 5.54 Å².